The highest BCUT2D eigenvalue weighted by atomic mass is 32.1. The molecule has 0 aliphatic rings. The molecule has 0 saturated carbocycles. The molecule has 2 aromatic rings. The van der Waals surface area contributed by atoms with Gasteiger partial charge in [0.05, 0.1) is 0 Å². The van der Waals surface area contributed by atoms with Gasteiger partial charge in [0, 0.05) is 17.5 Å². The SMILES string of the molecule is Cc1ccccc1[C@@H](C)NCCc1cccs1. The van der Waals surface area contributed by atoms with E-state index in [1.54, 1.807) is 0 Å². The van der Waals surface area contributed by atoms with Crippen LogP contribution in [-0.4, -0.2) is 6.54 Å². The Morgan fingerprint density at radius 3 is 2.71 bits per heavy atom. The zero-order valence-electron chi connectivity index (χ0n) is 10.4. The zero-order valence-corrected chi connectivity index (χ0v) is 11.3. The molecule has 1 nitrogen and oxygen atoms in total. The van der Waals surface area contributed by atoms with Crippen molar-refractivity contribution in [1.82, 2.24) is 5.32 Å². The van der Waals surface area contributed by atoms with Crippen molar-refractivity contribution >= 4 is 11.3 Å². The lowest BCUT2D eigenvalue weighted by molar-refractivity contribution is 0.576. The van der Waals surface area contributed by atoms with E-state index < -0.39 is 0 Å². The fraction of sp³-hybridized carbons (Fsp3) is 0.333. The molecule has 1 aromatic heterocycles. The van der Waals surface area contributed by atoms with Crippen LogP contribution in [0.2, 0.25) is 0 Å². The summed E-state index contributed by atoms with van der Waals surface area (Å²) >= 11 is 1.83. The Hall–Kier alpha value is -1.12. The molecule has 0 radical (unpaired) electrons. The topological polar surface area (TPSA) is 12.0 Å². The van der Waals surface area contributed by atoms with E-state index in [-0.39, 0.29) is 0 Å². The first kappa shape index (κ1) is 12.3. The van der Waals surface area contributed by atoms with Crippen molar-refractivity contribution < 1.29 is 0 Å². The summed E-state index contributed by atoms with van der Waals surface area (Å²) in [5, 5.41) is 5.72. The van der Waals surface area contributed by atoms with Crippen molar-refractivity contribution in [2.24, 2.45) is 0 Å². The molecule has 0 aliphatic heterocycles. The molecular weight excluding hydrogens is 226 g/mol. The fourth-order valence-corrected chi connectivity index (χ4v) is 2.76. The molecule has 2 heteroatoms. The standard InChI is InChI=1S/C15H19NS/c1-12-6-3-4-8-15(12)13(2)16-10-9-14-7-5-11-17-14/h3-8,11,13,16H,9-10H2,1-2H3/t13-/m1/s1. The van der Waals surface area contributed by atoms with E-state index >= 15 is 0 Å². The smallest absolute Gasteiger partial charge is 0.0294 e. The minimum absolute atomic E-state index is 0.427. The maximum Gasteiger partial charge on any atom is 0.0294 e. The lowest BCUT2D eigenvalue weighted by atomic mass is 10.0. The van der Waals surface area contributed by atoms with Crippen LogP contribution in [0.4, 0.5) is 0 Å². The Kier molecular flexibility index (Phi) is 4.35. The van der Waals surface area contributed by atoms with Gasteiger partial charge in [0.1, 0.15) is 0 Å². The Morgan fingerprint density at radius 2 is 2.00 bits per heavy atom. The van der Waals surface area contributed by atoms with Crippen LogP contribution >= 0.6 is 11.3 Å². The second-order valence-electron chi connectivity index (χ2n) is 4.36. The van der Waals surface area contributed by atoms with Crippen molar-refractivity contribution in [3.8, 4) is 0 Å². The molecule has 0 amide bonds. The lowest BCUT2D eigenvalue weighted by Gasteiger charge is -2.16. The van der Waals surface area contributed by atoms with Crippen LogP contribution in [0, 0.1) is 6.92 Å². The second-order valence-corrected chi connectivity index (χ2v) is 5.39. The quantitative estimate of drug-likeness (QED) is 0.841. The van der Waals surface area contributed by atoms with Gasteiger partial charge in [0.25, 0.3) is 0 Å². The van der Waals surface area contributed by atoms with Gasteiger partial charge in [-0.2, -0.15) is 0 Å². The number of aryl methyl sites for hydroxylation is 1. The monoisotopic (exact) mass is 245 g/mol. The van der Waals surface area contributed by atoms with Crippen molar-refractivity contribution in [2.45, 2.75) is 26.3 Å². The molecular formula is C15H19NS. The number of hydrogen-bond donors (Lipinski definition) is 1. The number of hydrogen-bond acceptors (Lipinski definition) is 2. The summed E-state index contributed by atoms with van der Waals surface area (Å²) in [6.07, 6.45) is 1.12. The highest BCUT2D eigenvalue weighted by Crippen LogP contribution is 2.16. The van der Waals surface area contributed by atoms with Crippen LogP contribution in [0.1, 0.15) is 29.0 Å². The molecule has 2 rings (SSSR count). The highest BCUT2D eigenvalue weighted by Gasteiger charge is 2.06. The zero-order chi connectivity index (χ0) is 12.1. The molecule has 1 heterocycles. The van der Waals surface area contributed by atoms with E-state index in [4.69, 9.17) is 0 Å². The molecule has 0 unspecified atom stereocenters. The average molecular weight is 245 g/mol. The normalized spacial score (nSPS) is 12.6. The van der Waals surface area contributed by atoms with Gasteiger partial charge in [0.2, 0.25) is 0 Å². The number of benzene rings is 1. The Balaban J connectivity index is 1.85. The van der Waals surface area contributed by atoms with E-state index in [0.717, 1.165) is 13.0 Å². The van der Waals surface area contributed by atoms with Gasteiger partial charge in [-0.25, -0.2) is 0 Å². The molecule has 0 fully saturated rings. The van der Waals surface area contributed by atoms with Gasteiger partial charge >= 0.3 is 0 Å². The van der Waals surface area contributed by atoms with Crippen LogP contribution in [0.15, 0.2) is 41.8 Å². The maximum absolute atomic E-state index is 3.58. The van der Waals surface area contributed by atoms with Gasteiger partial charge < -0.3 is 5.32 Å². The molecule has 0 saturated heterocycles. The third kappa shape index (κ3) is 3.42. The van der Waals surface area contributed by atoms with Crippen molar-refractivity contribution in [2.75, 3.05) is 6.54 Å². The minimum Gasteiger partial charge on any atom is -0.310 e. The number of rotatable bonds is 5. The molecule has 0 bridgehead atoms. The molecule has 0 aliphatic carbocycles. The Bertz CT molecular complexity index is 448. The molecule has 1 aromatic carbocycles. The average Bonchev–Trinajstić information content (AvgIpc) is 2.82. The van der Waals surface area contributed by atoms with Gasteiger partial charge in [-0.15, -0.1) is 11.3 Å². The van der Waals surface area contributed by atoms with Crippen LogP contribution in [0.3, 0.4) is 0 Å². The Labute approximate surface area is 108 Å². The van der Waals surface area contributed by atoms with E-state index in [2.05, 4.69) is 60.9 Å². The summed E-state index contributed by atoms with van der Waals surface area (Å²) < 4.78 is 0. The van der Waals surface area contributed by atoms with E-state index in [0.29, 0.717) is 6.04 Å². The van der Waals surface area contributed by atoms with Crippen LogP contribution in [0.25, 0.3) is 0 Å². The van der Waals surface area contributed by atoms with Gasteiger partial charge in [-0.3, -0.25) is 0 Å². The van der Waals surface area contributed by atoms with Gasteiger partial charge in [-0.05, 0) is 42.8 Å². The summed E-state index contributed by atoms with van der Waals surface area (Å²) in [6.45, 7) is 5.44. The molecule has 1 atom stereocenters. The van der Waals surface area contributed by atoms with Crippen LogP contribution in [0.5, 0.6) is 0 Å². The molecule has 0 spiro atoms. The Morgan fingerprint density at radius 1 is 1.18 bits per heavy atom. The minimum atomic E-state index is 0.427. The van der Waals surface area contributed by atoms with Crippen LogP contribution in [-0.2, 0) is 6.42 Å². The first-order valence-corrected chi connectivity index (χ1v) is 6.96. The summed E-state index contributed by atoms with van der Waals surface area (Å²) in [6, 6.07) is 13.3. The summed E-state index contributed by atoms with van der Waals surface area (Å²) in [7, 11) is 0. The van der Waals surface area contributed by atoms with E-state index in [1.165, 1.54) is 16.0 Å². The summed E-state index contributed by atoms with van der Waals surface area (Å²) in [5.74, 6) is 0. The van der Waals surface area contributed by atoms with Gasteiger partial charge in [-0.1, -0.05) is 30.3 Å². The number of thiophene rings is 1. The predicted molar refractivity (Wildman–Crippen MR) is 75.6 cm³/mol. The fourth-order valence-electron chi connectivity index (χ4n) is 2.05. The van der Waals surface area contributed by atoms with E-state index in [9.17, 15) is 0 Å². The maximum atomic E-state index is 3.58. The third-order valence-electron chi connectivity index (χ3n) is 3.06. The first-order chi connectivity index (χ1) is 8.27. The van der Waals surface area contributed by atoms with E-state index in [1.807, 2.05) is 11.3 Å². The van der Waals surface area contributed by atoms with Crippen molar-refractivity contribution in [3.63, 3.8) is 0 Å². The van der Waals surface area contributed by atoms with Crippen LogP contribution < -0.4 is 5.32 Å². The summed E-state index contributed by atoms with van der Waals surface area (Å²) in [4.78, 5) is 1.45. The largest absolute Gasteiger partial charge is 0.310 e. The molecule has 90 valence electrons. The first-order valence-electron chi connectivity index (χ1n) is 6.08. The number of nitrogens with one attached hydrogen (secondary N) is 1. The second kappa shape index (κ2) is 5.99. The van der Waals surface area contributed by atoms with Gasteiger partial charge in [0.15, 0.2) is 0 Å². The highest BCUT2D eigenvalue weighted by molar-refractivity contribution is 7.09. The third-order valence-corrected chi connectivity index (χ3v) is 3.99. The molecule has 1 N–H and O–H groups in total. The summed E-state index contributed by atoms with van der Waals surface area (Å²) in [5.41, 5.74) is 2.77. The van der Waals surface area contributed by atoms with Crippen molar-refractivity contribution in [1.29, 1.82) is 0 Å². The van der Waals surface area contributed by atoms with Crippen molar-refractivity contribution in [3.05, 3.63) is 57.8 Å². The lowest BCUT2D eigenvalue weighted by Crippen LogP contribution is -2.21. The molecule has 17 heavy (non-hydrogen) atoms. The predicted octanol–water partition coefficient (Wildman–Crippen LogP) is 3.95.